The Morgan fingerprint density at radius 2 is 1.50 bits per heavy atom. The van der Waals surface area contributed by atoms with Crippen LogP contribution < -0.4 is 5.46 Å². The SMILES string of the molecule is CCCC1CCC(c2ccc(-c3cc(F)c(B(O)O)c(F)c3)cc2)CC1. The minimum absolute atomic E-state index is 0.391. The van der Waals surface area contributed by atoms with Crippen molar-refractivity contribution in [3.63, 3.8) is 0 Å². The van der Waals surface area contributed by atoms with Gasteiger partial charge in [-0.1, -0.05) is 44.0 Å². The van der Waals surface area contributed by atoms with E-state index >= 15 is 0 Å². The molecule has 26 heavy (non-hydrogen) atoms. The van der Waals surface area contributed by atoms with Gasteiger partial charge in [0.2, 0.25) is 0 Å². The molecular weight excluding hydrogens is 333 g/mol. The molecule has 138 valence electrons. The summed E-state index contributed by atoms with van der Waals surface area (Å²) in [5.74, 6) is -0.471. The van der Waals surface area contributed by atoms with Crippen molar-refractivity contribution in [1.82, 2.24) is 0 Å². The molecule has 0 saturated heterocycles. The normalized spacial score (nSPS) is 20.2. The van der Waals surface area contributed by atoms with Gasteiger partial charge in [-0.3, -0.25) is 0 Å². The monoisotopic (exact) mass is 358 g/mol. The molecular formula is C21H25BF2O2. The summed E-state index contributed by atoms with van der Waals surface area (Å²) in [6, 6.07) is 10.1. The van der Waals surface area contributed by atoms with Crippen LogP contribution in [0.15, 0.2) is 36.4 Å². The van der Waals surface area contributed by atoms with Crippen LogP contribution in [0.3, 0.4) is 0 Å². The molecule has 0 unspecified atom stereocenters. The van der Waals surface area contributed by atoms with Crippen molar-refractivity contribution in [2.24, 2.45) is 5.92 Å². The molecule has 5 heteroatoms. The van der Waals surface area contributed by atoms with Crippen molar-refractivity contribution in [3.8, 4) is 11.1 Å². The number of hydrogen-bond donors (Lipinski definition) is 2. The molecule has 3 rings (SSSR count). The van der Waals surface area contributed by atoms with Crippen molar-refractivity contribution in [2.75, 3.05) is 0 Å². The van der Waals surface area contributed by atoms with Crippen LogP contribution in [0.5, 0.6) is 0 Å². The van der Waals surface area contributed by atoms with Crippen molar-refractivity contribution >= 4 is 12.6 Å². The number of rotatable bonds is 5. The molecule has 0 spiro atoms. The third kappa shape index (κ3) is 4.16. The highest BCUT2D eigenvalue weighted by atomic mass is 19.1. The Morgan fingerprint density at radius 1 is 0.923 bits per heavy atom. The van der Waals surface area contributed by atoms with Crippen molar-refractivity contribution in [2.45, 2.75) is 51.4 Å². The van der Waals surface area contributed by atoms with Crippen molar-refractivity contribution in [3.05, 3.63) is 53.6 Å². The summed E-state index contributed by atoms with van der Waals surface area (Å²) in [6.07, 6.45) is 7.54. The number of hydrogen-bond acceptors (Lipinski definition) is 2. The van der Waals surface area contributed by atoms with Gasteiger partial charge in [0, 0.05) is 0 Å². The molecule has 0 aromatic heterocycles. The van der Waals surface area contributed by atoms with E-state index in [4.69, 9.17) is 10.0 Å². The van der Waals surface area contributed by atoms with E-state index in [2.05, 4.69) is 6.92 Å². The van der Waals surface area contributed by atoms with Crippen LogP contribution in [-0.4, -0.2) is 17.2 Å². The largest absolute Gasteiger partial charge is 0.494 e. The molecule has 0 amide bonds. The van der Waals surface area contributed by atoms with Gasteiger partial charge in [-0.2, -0.15) is 0 Å². The Morgan fingerprint density at radius 3 is 2.00 bits per heavy atom. The standard InChI is InChI=1S/C21H25BF2O2/c1-2-3-14-4-6-15(7-5-14)16-8-10-17(11-9-16)18-12-19(23)21(22(25)26)20(24)13-18/h8-15,25-26H,2-7H2,1H3. The van der Waals surface area contributed by atoms with E-state index in [0.29, 0.717) is 17.0 Å². The van der Waals surface area contributed by atoms with Gasteiger partial charge in [-0.05, 0) is 66.3 Å². The molecule has 0 heterocycles. The molecule has 1 aliphatic carbocycles. The van der Waals surface area contributed by atoms with E-state index in [-0.39, 0.29) is 0 Å². The summed E-state index contributed by atoms with van der Waals surface area (Å²) in [5.41, 5.74) is 1.68. The lowest BCUT2D eigenvalue weighted by molar-refractivity contribution is 0.308. The molecule has 1 saturated carbocycles. The van der Waals surface area contributed by atoms with E-state index in [1.165, 1.54) is 44.1 Å². The first-order valence-electron chi connectivity index (χ1n) is 9.45. The van der Waals surface area contributed by atoms with Crippen LogP contribution in [0.25, 0.3) is 11.1 Å². The first kappa shape index (κ1) is 19.1. The number of benzene rings is 2. The van der Waals surface area contributed by atoms with Crippen LogP contribution in [-0.2, 0) is 0 Å². The van der Waals surface area contributed by atoms with E-state index in [1.54, 1.807) is 0 Å². The Bertz CT molecular complexity index is 715. The Balaban J connectivity index is 1.74. The lowest BCUT2D eigenvalue weighted by Gasteiger charge is -2.28. The zero-order valence-corrected chi connectivity index (χ0v) is 15.1. The third-order valence-electron chi connectivity index (χ3n) is 5.60. The average molecular weight is 358 g/mol. The second-order valence-electron chi connectivity index (χ2n) is 7.36. The third-order valence-corrected chi connectivity index (χ3v) is 5.60. The fraction of sp³-hybridized carbons (Fsp3) is 0.429. The molecule has 2 aromatic carbocycles. The molecule has 1 aliphatic rings. The minimum atomic E-state index is -2.16. The predicted molar refractivity (Wildman–Crippen MR) is 101 cm³/mol. The first-order chi connectivity index (χ1) is 12.5. The van der Waals surface area contributed by atoms with Gasteiger partial charge >= 0.3 is 7.12 Å². The van der Waals surface area contributed by atoms with Gasteiger partial charge in [0.25, 0.3) is 0 Å². The molecule has 1 fully saturated rings. The first-order valence-corrected chi connectivity index (χ1v) is 9.45. The summed E-state index contributed by atoms with van der Waals surface area (Å²) < 4.78 is 27.9. The predicted octanol–water partition coefficient (Wildman–Crippen LogP) is 4.39. The van der Waals surface area contributed by atoms with Crippen LogP contribution in [0.4, 0.5) is 8.78 Å². The Labute approximate surface area is 154 Å². The van der Waals surface area contributed by atoms with Crippen LogP contribution in [0.2, 0.25) is 0 Å². The summed E-state index contributed by atoms with van der Waals surface area (Å²) in [4.78, 5) is 0. The minimum Gasteiger partial charge on any atom is -0.423 e. The van der Waals surface area contributed by atoms with E-state index in [0.717, 1.165) is 18.1 Å². The van der Waals surface area contributed by atoms with Gasteiger partial charge in [-0.15, -0.1) is 0 Å². The highest BCUT2D eigenvalue weighted by Crippen LogP contribution is 2.38. The quantitative estimate of drug-likeness (QED) is 0.779. The molecule has 0 bridgehead atoms. The van der Waals surface area contributed by atoms with Gasteiger partial charge < -0.3 is 10.0 Å². The second kappa shape index (κ2) is 8.32. The van der Waals surface area contributed by atoms with Crippen LogP contribution >= 0.6 is 0 Å². The Hall–Kier alpha value is -1.72. The maximum Gasteiger partial charge on any atom is 0.494 e. The zero-order valence-electron chi connectivity index (χ0n) is 15.1. The fourth-order valence-corrected chi connectivity index (χ4v) is 4.14. The summed E-state index contributed by atoms with van der Waals surface area (Å²) in [7, 11) is -2.16. The van der Waals surface area contributed by atoms with E-state index in [9.17, 15) is 8.78 Å². The van der Waals surface area contributed by atoms with Crippen molar-refractivity contribution < 1.29 is 18.8 Å². The molecule has 0 aliphatic heterocycles. The van der Waals surface area contributed by atoms with E-state index < -0.39 is 24.2 Å². The van der Waals surface area contributed by atoms with E-state index in [1.807, 2.05) is 24.3 Å². The Kier molecular flexibility index (Phi) is 6.10. The van der Waals surface area contributed by atoms with Crippen LogP contribution in [0.1, 0.15) is 56.9 Å². The molecule has 0 radical (unpaired) electrons. The summed E-state index contributed by atoms with van der Waals surface area (Å²) in [5, 5.41) is 18.1. The van der Waals surface area contributed by atoms with Crippen molar-refractivity contribution in [1.29, 1.82) is 0 Å². The highest BCUT2D eigenvalue weighted by Gasteiger charge is 2.24. The average Bonchev–Trinajstić information content (AvgIpc) is 2.62. The zero-order chi connectivity index (χ0) is 18.7. The lowest BCUT2D eigenvalue weighted by Crippen LogP contribution is -2.35. The molecule has 2 nitrogen and oxygen atoms in total. The lowest BCUT2D eigenvalue weighted by atomic mass is 9.77. The summed E-state index contributed by atoms with van der Waals surface area (Å²) >= 11 is 0. The number of halogens is 2. The fourth-order valence-electron chi connectivity index (χ4n) is 4.14. The van der Waals surface area contributed by atoms with Gasteiger partial charge in [0.05, 0.1) is 5.46 Å². The topological polar surface area (TPSA) is 40.5 Å². The van der Waals surface area contributed by atoms with Crippen LogP contribution in [0, 0.1) is 17.6 Å². The molecule has 0 atom stereocenters. The smallest absolute Gasteiger partial charge is 0.423 e. The second-order valence-corrected chi connectivity index (χ2v) is 7.36. The highest BCUT2D eigenvalue weighted by molar-refractivity contribution is 6.58. The van der Waals surface area contributed by atoms with Gasteiger partial charge in [-0.25, -0.2) is 8.78 Å². The van der Waals surface area contributed by atoms with Gasteiger partial charge in [0.15, 0.2) is 0 Å². The van der Waals surface area contributed by atoms with Gasteiger partial charge in [0.1, 0.15) is 11.6 Å². The maximum atomic E-state index is 14.0. The maximum absolute atomic E-state index is 14.0. The molecule has 2 N–H and O–H groups in total. The molecule has 2 aromatic rings. The summed E-state index contributed by atoms with van der Waals surface area (Å²) in [6.45, 7) is 2.24.